The largest absolute Gasteiger partial charge is 0.456 e. The van der Waals surface area contributed by atoms with Crippen LogP contribution in [0.1, 0.15) is 13.3 Å². The second-order valence-corrected chi connectivity index (χ2v) is 5.20. The highest BCUT2D eigenvalue weighted by Crippen LogP contribution is 2.13. The lowest BCUT2D eigenvalue weighted by Crippen LogP contribution is -2.21. The van der Waals surface area contributed by atoms with Crippen LogP contribution in [0.3, 0.4) is 0 Å². The molecule has 0 aliphatic rings. The summed E-state index contributed by atoms with van der Waals surface area (Å²) in [5.41, 5.74) is 0.254. The average molecular weight is 286 g/mol. The van der Waals surface area contributed by atoms with Gasteiger partial charge in [0.2, 0.25) is 10.0 Å². The minimum Gasteiger partial charge on any atom is -0.456 e. The second-order valence-electron chi connectivity index (χ2n) is 3.64. The number of carbonyl (C=O) groups excluding carboxylic acids is 2. The molecule has 0 aromatic heterocycles. The van der Waals surface area contributed by atoms with Gasteiger partial charge in [0.15, 0.2) is 6.61 Å². The van der Waals surface area contributed by atoms with E-state index in [4.69, 9.17) is 5.14 Å². The Labute approximate surface area is 110 Å². The zero-order valence-electron chi connectivity index (χ0n) is 10.3. The van der Waals surface area contributed by atoms with Crippen molar-refractivity contribution in [3.63, 3.8) is 0 Å². The number of rotatable bonds is 5. The highest BCUT2D eigenvalue weighted by atomic mass is 32.2. The Kier molecular flexibility index (Phi) is 5.02. The number of benzene rings is 1. The molecule has 1 aromatic rings. The summed E-state index contributed by atoms with van der Waals surface area (Å²) in [5.74, 6) is -1.05. The number of sulfonamides is 1. The summed E-state index contributed by atoms with van der Waals surface area (Å²) in [4.78, 5) is 22.2. The Morgan fingerprint density at radius 3 is 2.63 bits per heavy atom. The maximum atomic E-state index is 11.4. The van der Waals surface area contributed by atoms with Crippen molar-refractivity contribution < 1.29 is 22.7 Å². The third-order valence-electron chi connectivity index (χ3n) is 2.10. The average Bonchev–Trinajstić information content (AvgIpc) is 2.35. The van der Waals surface area contributed by atoms with Gasteiger partial charge in [-0.1, -0.05) is 13.0 Å². The van der Waals surface area contributed by atoms with Crippen molar-refractivity contribution in [2.24, 2.45) is 5.14 Å². The molecule has 0 atom stereocenters. The first-order valence-electron chi connectivity index (χ1n) is 5.41. The molecule has 1 rings (SSSR count). The summed E-state index contributed by atoms with van der Waals surface area (Å²) in [6, 6.07) is 5.46. The lowest BCUT2D eigenvalue weighted by atomic mass is 10.3. The van der Waals surface area contributed by atoms with Gasteiger partial charge in [-0.15, -0.1) is 0 Å². The summed E-state index contributed by atoms with van der Waals surface area (Å²) in [5, 5.41) is 7.36. The summed E-state index contributed by atoms with van der Waals surface area (Å²) in [6.45, 7) is 1.18. The van der Waals surface area contributed by atoms with Crippen LogP contribution in [0.2, 0.25) is 0 Å². The summed E-state index contributed by atoms with van der Waals surface area (Å²) < 4.78 is 26.9. The van der Waals surface area contributed by atoms with E-state index in [1.807, 2.05) is 0 Å². The number of esters is 1. The normalized spacial score (nSPS) is 10.8. The molecule has 1 aromatic carbocycles. The van der Waals surface area contributed by atoms with Crippen LogP contribution in [0.4, 0.5) is 5.69 Å². The van der Waals surface area contributed by atoms with Crippen molar-refractivity contribution in [1.82, 2.24) is 0 Å². The minimum atomic E-state index is -3.83. The molecular formula is C11H14N2O5S. The number of primary sulfonamides is 1. The molecule has 0 aliphatic carbocycles. The van der Waals surface area contributed by atoms with Gasteiger partial charge in [-0.2, -0.15) is 0 Å². The molecule has 1 amide bonds. The van der Waals surface area contributed by atoms with Gasteiger partial charge in [0.1, 0.15) is 0 Å². The highest BCUT2D eigenvalue weighted by Gasteiger charge is 2.10. The van der Waals surface area contributed by atoms with Crippen LogP contribution in [-0.4, -0.2) is 26.9 Å². The van der Waals surface area contributed by atoms with Gasteiger partial charge in [0.05, 0.1) is 4.90 Å². The Bertz CT molecular complexity index is 583. The minimum absolute atomic E-state index is 0.115. The molecule has 0 unspecified atom stereocenters. The Morgan fingerprint density at radius 1 is 1.37 bits per heavy atom. The van der Waals surface area contributed by atoms with E-state index in [9.17, 15) is 18.0 Å². The standard InChI is InChI=1S/C11H14N2O5S/c1-2-11(15)18-7-10(14)13-8-4-3-5-9(6-8)19(12,16)17/h3-6H,2,7H2,1H3,(H,13,14)(H2,12,16,17). The molecule has 0 fully saturated rings. The number of amides is 1. The van der Waals surface area contributed by atoms with Gasteiger partial charge in [-0.3, -0.25) is 9.59 Å². The number of hydrogen-bond donors (Lipinski definition) is 2. The van der Waals surface area contributed by atoms with Crippen molar-refractivity contribution in [2.75, 3.05) is 11.9 Å². The Morgan fingerprint density at radius 2 is 2.05 bits per heavy atom. The molecule has 8 heteroatoms. The summed E-state index contributed by atoms with van der Waals surface area (Å²) in [6.07, 6.45) is 0.175. The quantitative estimate of drug-likeness (QED) is 0.751. The fraction of sp³-hybridized carbons (Fsp3) is 0.273. The topological polar surface area (TPSA) is 116 Å². The highest BCUT2D eigenvalue weighted by molar-refractivity contribution is 7.89. The van der Waals surface area contributed by atoms with Gasteiger partial charge in [-0.25, -0.2) is 13.6 Å². The van der Waals surface area contributed by atoms with Gasteiger partial charge in [0, 0.05) is 12.1 Å². The molecular weight excluding hydrogens is 272 g/mol. The number of hydrogen-bond acceptors (Lipinski definition) is 5. The summed E-state index contributed by atoms with van der Waals surface area (Å²) in [7, 11) is -3.83. The van der Waals surface area contributed by atoms with E-state index in [2.05, 4.69) is 10.1 Å². The number of ether oxygens (including phenoxy) is 1. The van der Waals surface area contributed by atoms with Crippen LogP contribution in [0, 0.1) is 0 Å². The molecule has 0 radical (unpaired) electrons. The first-order valence-corrected chi connectivity index (χ1v) is 6.96. The van der Waals surface area contributed by atoms with Crippen LogP contribution in [0.25, 0.3) is 0 Å². The molecule has 0 saturated heterocycles. The van der Waals surface area contributed by atoms with Crippen LogP contribution in [0.5, 0.6) is 0 Å². The third-order valence-corrected chi connectivity index (χ3v) is 3.01. The van der Waals surface area contributed by atoms with E-state index in [0.717, 1.165) is 0 Å². The molecule has 0 saturated carbocycles. The van der Waals surface area contributed by atoms with Crippen molar-refractivity contribution >= 4 is 27.6 Å². The predicted molar refractivity (Wildman–Crippen MR) is 67.7 cm³/mol. The monoisotopic (exact) mass is 286 g/mol. The van der Waals surface area contributed by atoms with E-state index >= 15 is 0 Å². The van der Waals surface area contributed by atoms with E-state index in [1.54, 1.807) is 6.92 Å². The zero-order valence-corrected chi connectivity index (χ0v) is 11.1. The number of nitrogens with one attached hydrogen (secondary N) is 1. The van der Waals surface area contributed by atoms with Crippen LogP contribution in [0.15, 0.2) is 29.2 Å². The number of nitrogens with two attached hydrogens (primary N) is 1. The maximum absolute atomic E-state index is 11.4. The molecule has 7 nitrogen and oxygen atoms in total. The van der Waals surface area contributed by atoms with Crippen molar-refractivity contribution in [3.8, 4) is 0 Å². The van der Waals surface area contributed by atoms with E-state index in [-0.39, 0.29) is 17.0 Å². The fourth-order valence-electron chi connectivity index (χ4n) is 1.20. The maximum Gasteiger partial charge on any atom is 0.306 e. The van der Waals surface area contributed by atoms with E-state index in [1.165, 1.54) is 24.3 Å². The first-order chi connectivity index (χ1) is 8.82. The van der Waals surface area contributed by atoms with E-state index < -0.39 is 28.5 Å². The van der Waals surface area contributed by atoms with Gasteiger partial charge in [0.25, 0.3) is 5.91 Å². The molecule has 0 bridgehead atoms. The van der Waals surface area contributed by atoms with Crippen molar-refractivity contribution in [1.29, 1.82) is 0 Å². The summed E-state index contributed by atoms with van der Waals surface area (Å²) >= 11 is 0. The van der Waals surface area contributed by atoms with Crippen molar-refractivity contribution in [2.45, 2.75) is 18.2 Å². The van der Waals surface area contributed by atoms with Gasteiger partial charge < -0.3 is 10.1 Å². The third kappa shape index (κ3) is 5.06. The van der Waals surface area contributed by atoms with Crippen LogP contribution >= 0.6 is 0 Å². The molecule has 3 N–H and O–H groups in total. The predicted octanol–water partition coefficient (Wildman–Crippen LogP) is 0.226. The van der Waals surface area contributed by atoms with Gasteiger partial charge in [-0.05, 0) is 18.2 Å². The lowest BCUT2D eigenvalue weighted by molar-refractivity contribution is -0.146. The number of carbonyl (C=O) groups is 2. The Hall–Kier alpha value is -1.93. The zero-order chi connectivity index (χ0) is 14.5. The molecule has 104 valence electrons. The van der Waals surface area contributed by atoms with E-state index in [0.29, 0.717) is 0 Å². The Balaban J connectivity index is 2.68. The fourth-order valence-corrected chi connectivity index (χ4v) is 1.76. The lowest BCUT2D eigenvalue weighted by Gasteiger charge is -2.07. The van der Waals surface area contributed by atoms with Crippen LogP contribution < -0.4 is 10.5 Å². The second kappa shape index (κ2) is 6.30. The van der Waals surface area contributed by atoms with Crippen molar-refractivity contribution in [3.05, 3.63) is 24.3 Å². The molecule has 0 spiro atoms. The smallest absolute Gasteiger partial charge is 0.306 e. The first kappa shape index (κ1) is 15.1. The SMILES string of the molecule is CCC(=O)OCC(=O)Nc1cccc(S(N)(=O)=O)c1. The molecule has 0 heterocycles. The van der Waals surface area contributed by atoms with Crippen LogP contribution in [-0.2, 0) is 24.3 Å². The molecule has 19 heavy (non-hydrogen) atoms. The van der Waals surface area contributed by atoms with Gasteiger partial charge >= 0.3 is 5.97 Å². The molecule has 0 aliphatic heterocycles. The number of anilines is 1.